The molecule has 168 valence electrons. The standard InChI is InChI=1S/C17H11F6NO6S/c18-16(19,20)29-13-6-5-10(9-14(13)30-17(21,22)23)7-8-31(27,28)24-12-4-2-1-3-11(12)15(25)26/h1-9,24H,(H,25,26). The van der Waals surface area contributed by atoms with Gasteiger partial charge in [0, 0.05) is 0 Å². The van der Waals surface area contributed by atoms with Crippen LogP contribution in [0.5, 0.6) is 11.5 Å². The van der Waals surface area contributed by atoms with Gasteiger partial charge in [0.2, 0.25) is 0 Å². The Labute approximate surface area is 170 Å². The molecule has 0 saturated carbocycles. The number of hydrogen-bond acceptors (Lipinski definition) is 5. The third-order valence-electron chi connectivity index (χ3n) is 3.27. The number of benzene rings is 2. The molecule has 2 aromatic carbocycles. The van der Waals surface area contributed by atoms with E-state index in [1.54, 1.807) is 0 Å². The predicted molar refractivity (Wildman–Crippen MR) is 94.8 cm³/mol. The Morgan fingerprint density at radius 3 is 2.10 bits per heavy atom. The van der Waals surface area contributed by atoms with Gasteiger partial charge >= 0.3 is 18.7 Å². The number of alkyl halides is 6. The minimum atomic E-state index is -5.35. The lowest BCUT2D eigenvalue weighted by Crippen LogP contribution is -2.21. The van der Waals surface area contributed by atoms with Crippen LogP contribution in [-0.4, -0.2) is 32.2 Å². The van der Waals surface area contributed by atoms with Gasteiger partial charge in [-0.15, -0.1) is 26.3 Å². The molecule has 14 heteroatoms. The summed E-state index contributed by atoms with van der Waals surface area (Å²) in [7, 11) is -4.34. The van der Waals surface area contributed by atoms with Gasteiger partial charge in [0.25, 0.3) is 10.0 Å². The van der Waals surface area contributed by atoms with Crippen molar-refractivity contribution in [1.82, 2.24) is 0 Å². The van der Waals surface area contributed by atoms with Gasteiger partial charge < -0.3 is 14.6 Å². The number of halogens is 6. The van der Waals surface area contributed by atoms with Crippen molar-refractivity contribution in [2.75, 3.05) is 4.72 Å². The van der Waals surface area contributed by atoms with Crippen LogP contribution in [0.2, 0.25) is 0 Å². The van der Waals surface area contributed by atoms with Crippen molar-refractivity contribution in [3.8, 4) is 11.5 Å². The molecule has 2 aromatic rings. The van der Waals surface area contributed by atoms with E-state index in [4.69, 9.17) is 5.11 Å². The van der Waals surface area contributed by atoms with E-state index in [1.807, 2.05) is 4.72 Å². The zero-order valence-corrected chi connectivity index (χ0v) is 15.7. The Morgan fingerprint density at radius 1 is 0.935 bits per heavy atom. The van der Waals surface area contributed by atoms with Gasteiger partial charge in [0.1, 0.15) is 0 Å². The molecular formula is C17H11F6NO6S. The fraction of sp³-hybridized carbons (Fsp3) is 0.118. The Hall–Kier alpha value is -3.42. The summed E-state index contributed by atoms with van der Waals surface area (Å²) >= 11 is 0. The van der Waals surface area contributed by atoms with Gasteiger partial charge in [0.15, 0.2) is 11.5 Å². The highest BCUT2D eigenvalue weighted by Gasteiger charge is 2.36. The highest BCUT2D eigenvalue weighted by molar-refractivity contribution is 7.95. The summed E-state index contributed by atoms with van der Waals surface area (Å²) in [4.78, 5) is 11.1. The predicted octanol–water partition coefficient (Wildman–Crippen LogP) is 4.59. The monoisotopic (exact) mass is 471 g/mol. The number of hydrogen-bond donors (Lipinski definition) is 2. The Morgan fingerprint density at radius 2 is 1.52 bits per heavy atom. The Balaban J connectivity index is 2.32. The summed E-state index contributed by atoms with van der Waals surface area (Å²) in [6.45, 7) is 0. The second-order valence-corrected chi connectivity index (χ2v) is 7.17. The lowest BCUT2D eigenvalue weighted by molar-refractivity contribution is -0.287. The Bertz CT molecular complexity index is 1100. The maximum Gasteiger partial charge on any atom is 0.573 e. The molecule has 0 atom stereocenters. The molecule has 0 aliphatic carbocycles. The van der Waals surface area contributed by atoms with E-state index in [1.165, 1.54) is 12.1 Å². The summed E-state index contributed by atoms with van der Waals surface area (Å²) in [5.74, 6) is -4.07. The first-order chi connectivity index (χ1) is 14.2. The molecule has 31 heavy (non-hydrogen) atoms. The molecule has 7 nitrogen and oxygen atoms in total. The molecule has 0 aliphatic heterocycles. The molecule has 0 saturated heterocycles. The largest absolute Gasteiger partial charge is 0.573 e. The molecule has 0 aromatic heterocycles. The van der Waals surface area contributed by atoms with E-state index >= 15 is 0 Å². The van der Waals surface area contributed by atoms with Crippen LogP contribution in [0.25, 0.3) is 6.08 Å². The van der Waals surface area contributed by atoms with Gasteiger partial charge in [-0.05, 0) is 35.9 Å². The number of para-hydroxylation sites is 1. The molecule has 0 heterocycles. The highest BCUT2D eigenvalue weighted by Crippen LogP contribution is 2.36. The molecule has 0 radical (unpaired) electrons. The second kappa shape index (κ2) is 8.75. The number of carbonyl (C=O) groups is 1. The first-order valence-corrected chi connectivity index (χ1v) is 9.38. The van der Waals surface area contributed by atoms with Crippen molar-refractivity contribution < 1.29 is 54.1 Å². The molecule has 0 aliphatic rings. The van der Waals surface area contributed by atoms with Crippen molar-refractivity contribution in [3.05, 3.63) is 59.0 Å². The van der Waals surface area contributed by atoms with Crippen molar-refractivity contribution in [3.63, 3.8) is 0 Å². The molecule has 0 fully saturated rings. The van der Waals surface area contributed by atoms with Gasteiger partial charge in [-0.3, -0.25) is 4.72 Å². The molecule has 0 bridgehead atoms. The number of anilines is 1. The molecule has 0 spiro atoms. The van der Waals surface area contributed by atoms with E-state index in [-0.39, 0.29) is 16.8 Å². The van der Waals surface area contributed by atoms with E-state index in [9.17, 15) is 39.6 Å². The average molecular weight is 471 g/mol. The van der Waals surface area contributed by atoms with Crippen LogP contribution in [-0.2, 0) is 10.0 Å². The summed E-state index contributed by atoms with van der Waals surface area (Å²) in [5.41, 5.74) is -0.936. The topological polar surface area (TPSA) is 102 Å². The van der Waals surface area contributed by atoms with Crippen LogP contribution in [0.3, 0.4) is 0 Å². The fourth-order valence-electron chi connectivity index (χ4n) is 2.16. The lowest BCUT2D eigenvalue weighted by Gasteiger charge is -2.15. The van der Waals surface area contributed by atoms with Gasteiger partial charge in [-0.1, -0.05) is 18.2 Å². The summed E-state index contributed by atoms with van der Waals surface area (Å²) in [6.07, 6.45) is -9.89. The number of carboxylic acid groups (broad SMARTS) is 1. The molecule has 0 unspecified atom stereocenters. The molecule has 0 amide bonds. The van der Waals surface area contributed by atoms with Crippen molar-refractivity contribution in [1.29, 1.82) is 0 Å². The average Bonchev–Trinajstić information content (AvgIpc) is 2.59. The second-order valence-electron chi connectivity index (χ2n) is 5.60. The van der Waals surface area contributed by atoms with Crippen LogP contribution < -0.4 is 14.2 Å². The van der Waals surface area contributed by atoms with E-state index in [0.29, 0.717) is 17.5 Å². The zero-order valence-electron chi connectivity index (χ0n) is 14.9. The van der Waals surface area contributed by atoms with Crippen LogP contribution >= 0.6 is 0 Å². The number of rotatable bonds is 7. The zero-order chi connectivity index (χ0) is 23.4. The summed E-state index contributed by atoms with van der Waals surface area (Å²) in [5, 5.41) is 9.52. The SMILES string of the molecule is O=C(O)c1ccccc1NS(=O)(=O)C=Cc1ccc(OC(F)(F)F)c(OC(F)(F)F)c1. The van der Waals surface area contributed by atoms with Crippen molar-refractivity contribution in [2.24, 2.45) is 0 Å². The van der Waals surface area contributed by atoms with E-state index in [2.05, 4.69) is 9.47 Å². The van der Waals surface area contributed by atoms with Gasteiger partial charge in [-0.25, -0.2) is 13.2 Å². The number of sulfonamides is 1. The maximum absolute atomic E-state index is 12.5. The smallest absolute Gasteiger partial charge is 0.478 e. The van der Waals surface area contributed by atoms with Crippen LogP contribution in [0, 0.1) is 0 Å². The number of carboxylic acids is 1. The minimum Gasteiger partial charge on any atom is -0.478 e. The van der Waals surface area contributed by atoms with E-state index < -0.39 is 40.2 Å². The Kier molecular flexibility index (Phi) is 6.73. The van der Waals surface area contributed by atoms with Gasteiger partial charge in [-0.2, -0.15) is 0 Å². The van der Waals surface area contributed by atoms with E-state index in [0.717, 1.165) is 24.3 Å². The molecular weight excluding hydrogens is 460 g/mol. The third kappa shape index (κ3) is 7.73. The lowest BCUT2D eigenvalue weighted by atomic mass is 10.2. The quantitative estimate of drug-likeness (QED) is 0.573. The molecule has 2 N–H and O–H groups in total. The summed E-state index contributed by atoms with van der Waals surface area (Å²) < 4.78 is 108. The minimum absolute atomic E-state index is 0.283. The van der Waals surface area contributed by atoms with Gasteiger partial charge in [0.05, 0.1) is 16.7 Å². The third-order valence-corrected chi connectivity index (χ3v) is 4.27. The highest BCUT2D eigenvalue weighted by atomic mass is 32.2. The summed E-state index contributed by atoms with van der Waals surface area (Å²) in [6, 6.07) is 6.83. The fourth-order valence-corrected chi connectivity index (χ4v) is 3.04. The van der Waals surface area contributed by atoms with Crippen molar-refractivity contribution >= 4 is 27.8 Å². The normalized spacial score (nSPS) is 12.6. The van der Waals surface area contributed by atoms with Crippen LogP contribution in [0.1, 0.15) is 15.9 Å². The van der Waals surface area contributed by atoms with Crippen LogP contribution in [0.4, 0.5) is 32.0 Å². The first kappa shape index (κ1) is 23.9. The van der Waals surface area contributed by atoms with Crippen LogP contribution in [0.15, 0.2) is 47.9 Å². The number of ether oxygens (including phenoxy) is 2. The van der Waals surface area contributed by atoms with Crippen molar-refractivity contribution in [2.45, 2.75) is 12.7 Å². The maximum atomic E-state index is 12.5. The number of nitrogens with one attached hydrogen (secondary N) is 1. The first-order valence-electron chi connectivity index (χ1n) is 7.84. The molecule has 2 rings (SSSR count). The number of aromatic carboxylic acids is 1.